The van der Waals surface area contributed by atoms with Gasteiger partial charge in [-0.2, -0.15) is 0 Å². The first-order valence-corrected chi connectivity index (χ1v) is 13.2. The zero-order chi connectivity index (χ0) is 24.5. The van der Waals surface area contributed by atoms with E-state index in [1.54, 1.807) is 24.3 Å². The maximum Gasteiger partial charge on any atom is 0.272 e. The summed E-state index contributed by atoms with van der Waals surface area (Å²) < 4.78 is 0. The smallest absolute Gasteiger partial charge is 0.272 e. The first kappa shape index (κ1) is 24.6. The molecule has 3 aromatic carbocycles. The van der Waals surface area contributed by atoms with E-state index < -0.39 is 0 Å². The number of rotatable bonds is 5. The van der Waals surface area contributed by atoms with E-state index in [2.05, 4.69) is 20.5 Å². The van der Waals surface area contributed by atoms with Gasteiger partial charge in [0.05, 0.1) is 15.7 Å². The second-order valence-corrected chi connectivity index (χ2v) is 10.9. The number of fused-ring (bicyclic) bond motifs is 1. The highest BCUT2D eigenvalue weighted by Crippen LogP contribution is 2.40. The fourth-order valence-corrected chi connectivity index (χ4v) is 6.10. The monoisotopic (exact) mass is 564 g/mol. The first-order chi connectivity index (χ1) is 16.9. The number of piperazine rings is 1. The van der Waals surface area contributed by atoms with Gasteiger partial charge in [-0.05, 0) is 54.6 Å². The summed E-state index contributed by atoms with van der Waals surface area (Å²) in [5.74, 6) is -0.274. The van der Waals surface area contributed by atoms with Gasteiger partial charge in [0, 0.05) is 62.6 Å². The molecular formula is C25H20Cl4N4OS. The lowest BCUT2D eigenvalue weighted by molar-refractivity contribution is 0.102. The number of aromatic amines is 1. The third-order valence-electron chi connectivity index (χ3n) is 5.69. The van der Waals surface area contributed by atoms with Gasteiger partial charge in [-0.15, -0.1) is 0 Å². The van der Waals surface area contributed by atoms with Crippen molar-refractivity contribution in [3.63, 3.8) is 0 Å². The number of amides is 1. The SMILES string of the molecule is O=C(Nc1ccc(N2CCNCC2)c(Cl)c1)c1cc2c(Sc3ccc(Cl)cc3Cl)cc(Cl)cc2[nH]1. The van der Waals surface area contributed by atoms with Crippen LogP contribution in [0.3, 0.4) is 0 Å². The van der Waals surface area contributed by atoms with Crippen LogP contribution in [0, 0.1) is 0 Å². The molecule has 180 valence electrons. The quantitative estimate of drug-likeness (QED) is 0.233. The molecule has 1 aromatic heterocycles. The maximum absolute atomic E-state index is 13.0. The number of nitrogens with zero attached hydrogens (tertiary/aromatic N) is 1. The van der Waals surface area contributed by atoms with Gasteiger partial charge in [-0.1, -0.05) is 58.2 Å². The van der Waals surface area contributed by atoms with Crippen molar-refractivity contribution in [3.8, 4) is 0 Å². The Hall–Kier alpha value is -2.06. The van der Waals surface area contributed by atoms with E-state index in [4.69, 9.17) is 46.4 Å². The Bertz CT molecular complexity index is 1420. The van der Waals surface area contributed by atoms with Crippen LogP contribution in [-0.4, -0.2) is 37.1 Å². The molecule has 5 rings (SSSR count). The highest BCUT2D eigenvalue weighted by molar-refractivity contribution is 7.99. The molecule has 0 saturated carbocycles. The molecule has 0 bridgehead atoms. The molecule has 1 aliphatic rings. The van der Waals surface area contributed by atoms with E-state index >= 15 is 0 Å². The maximum atomic E-state index is 13.0. The van der Waals surface area contributed by atoms with Crippen molar-refractivity contribution in [1.29, 1.82) is 0 Å². The molecule has 1 saturated heterocycles. The Balaban J connectivity index is 1.38. The lowest BCUT2D eigenvalue weighted by atomic mass is 10.2. The Morgan fingerprint density at radius 2 is 1.66 bits per heavy atom. The highest BCUT2D eigenvalue weighted by atomic mass is 35.5. The molecule has 3 N–H and O–H groups in total. The average Bonchev–Trinajstić information content (AvgIpc) is 3.26. The molecule has 5 nitrogen and oxygen atoms in total. The standard InChI is InChI=1S/C25H20Cl4N4OS/c26-14-1-4-23(19(29)9-14)35-24-11-15(27)10-20-17(24)13-21(32-20)25(34)31-16-2-3-22(18(28)12-16)33-7-5-30-6-8-33/h1-4,9-13,30,32H,5-8H2,(H,31,34). The molecule has 0 aliphatic carbocycles. The average molecular weight is 566 g/mol. The molecule has 10 heteroatoms. The number of nitrogens with one attached hydrogen (secondary N) is 3. The van der Waals surface area contributed by atoms with Gasteiger partial charge in [-0.25, -0.2) is 0 Å². The highest BCUT2D eigenvalue weighted by Gasteiger charge is 2.17. The van der Waals surface area contributed by atoms with Gasteiger partial charge in [0.2, 0.25) is 0 Å². The van der Waals surface area contributed by atoms with Crippen molar-refractivity contribution >= 4 is 86.4 Å². The minimum Gasteiger partial charge on any atom is -0.368 e. The van der Waals surface area contributed by atoms with Crippen molar-refractivity contribution in [3.05, 3.63) is 80.4 Å². The predicted octanol–water partition coefficient (Wildman–Crippen LogP) is 7.59. The van der Waals surface area contributed by atoms with E-state index in [1.807, 2.05) is 30.3 Å². The molecule has 35 heavy (non-hydrogen) atoms. The normalized spacial score (nSPS) is 13.9. The summed E-state index contributed by atoms with van der Waals surface area (Å²) in [7, 11) is 0. The van der Waals surface area contributed by atoms with Crippen LogP contribution >= 0.6 is 58.2 Å². The number of carbonyl (C=O) groups is 1. The molecule has 0 atom stereocenters. The van der Waals surface area contributed by atoms with Crippen LogP contribution in [0.5, 0.6) is 0 Å². The lowest BCUT2D eigenvalue weighted by Gasteiger charge is -2.30. The molecule has 1 amide bonds. The predicted molar refractivity (Wildman–Crippen MR) is 148 cm³/mol. The third-order valence-corrected chi connectivity index (χ3v) is 8.00. The Labute approximate surface area is 227 Å². The van der Waals surface area contributed by atoms with Crippen molar-refractivity contribution in [1.82, 2.24) is 10.3 Å². The topological polar surface area (TPSA) is 60.2 Å². The zero-order valence-corrected chi connectivity index (χ0v) is 22.1. The number of aromatic nitrogens is 1. The molecule has 0 unspecified atom stereocenters. The van der Waals surface area contributed by atoms with E-state index in [9.17, 15) is 4.79 Å². The molecule has 4 aromatic rings. The zero-order valence-electron chi connectivity index (χ0n) is 18.3. The van der Waals surface area contributed by atoms with E-state index in [0.29, 0.717) is 31.5 Å². The number of H-pyrrole nitrogens is 1. The molecule has 0 radical (unpaired) electrons. The Morgan fingerprint density at radius 1 is 0.857 bits per heavy atom. The second kappa shape index (κ2) is 10.5. The molecule has 0 spiro atoms. The minimum atomic E-state index is -0.274. The summed E-state index contributed by atoms with van der Waals surface area (Å²) in [6, 6.07) is 16.4. The number of anilines is 2. The summed E-state index contributed by atoms with van der Waals surface area (Å²) >= 11 is 26.7. The van der Waals surface area contributed by atoms with Crippen LogP contribution in [0.15, 0.2) is 64.4 Å². The van der Waals surface area contributed by atoms with Crippen LogP contribution in [0.4, 0.5) is 11.4 Å². The molecule has 1 fully saturated rings. The third kappa shape index (κ3) is 5.53. The summed E-state index contributed by atoms with van der Waals surface area (Å²) in [6.07, 6.45) is 0. The van der Waals surface area contributed by atoms with Crippen LogP contribution in [0.1, 0.15) is 10.5 Å². The number of hydrogen-bond donors (Lipinski definition) is 3. The lowest BCUT2D eigenvalue weighted by Crippen LogP contribution is -2.43. The summed E-state index contributed by atoms with van der Waals surface area (Å²) in [4.78, 5) is 20.2. The van der Waals surface area contributed by atoms with Crippen LogP contribution in [0.2, 0.25) is 20.1 Å². The van der Waals surface area contributed by atoms with Crippen molar-refractivity contribution in [2.24, 2.45) is 0 Å². The Morgan fingerprint density at radius 3 is 2.40 bits per heavy atom. The van der Waals surface area contributed by atoms with E-state index in [1.165, 1.54) is 11.8 Å². The van der Waals surface area contributed by atoms with Crippen molar-refractivity contribution in [2.75, 3.05) is 36.4 Å². The number of benzene rings is 3. The van der Waals surface area contributed by atoms with Gasteiger partial charge in [0.1, 0.15) is 5.69 Å². The van der Waals surface area contributed by atoms with Crippen molar-refractivity contribution in [2.45, 2.75) is 9.79 Å². The van der Waals surface area contributed by atoms with E-state index in [0.717, 1.165) is 52.6 Å². The largest absolute Gasteiger partial charge is 0.368 e. The molecular weight excluding hydrogens is 546 g/mol. The van der Waals surface area contributed by atoms with E-state index in [-0.39, 0.29) is 5.91 Å². The van der Waals surface area contributed by atoms with Crippen LogP contribution in [-0.2, 0) is 0 Å². The van der Waals surface area contributed by atoms with Gasteiger partial charge in [-0.3, -0.25) is 4.79 Å². The van der Waals surface area contributed by atoms with Crippen LogP contribution < -0.4 is 15.5 Å². The van der Waals surface area contributed by atoms with Gasteiger partial charge in [0.15, 0.2) is 0 Å². The van der Waals surface area contributed by atoms with Crippen molar-refractivity contribution < 1.29 is 4.79 Å². The van der Waals surface area contributed by atoms with Gasteiger partial charge < -0.3 is 20.5 Å². The number of carbonyl (C=O) groups excluding carboxylic acids is 1. The molecule has 2 heterocycles. The summed E-state index contributed by atoms with van der Waals surface area (Å²) in [5, 5.41) is 9.39. The van der Waals surface area contributed by atoms with Gasteiger partial charge in [0.25, 0.3) is 5.91 Å². The second-order valence-electron chi connectivity index (χ2n) is 8.08. The number of hydrogen-bond acceptors (Lipinski definition) is 4. The summed E-state index contributed by atoms with van der Waals surface area (Å²) in [6.45, 7) is 3.63. The Kier molecular flexibility index (Phi) is 7.39. The minimum absolute atomic E-state index is 0.274. The first-order valence-electron chi connectivity index (χ1n) is 10.9. The molecule has 1 aliphatic heterocycles. The summed E-state index contributed by atoms with van der Waals surface area (Å²) in [5.41, 5.74) is 2.75. The van der Waals surface area contributed by atoms with Crippen LogP contribution in [0.25, 0.3) is 10.9 Å². The fraction of sp³-hybridized carbons (Fsp3) is 0.160. The fourth-order valence-electron chi connectivity index (χ4n) is 4.00. The number of halogens is 4. The van der Waals surface area contributed by atoms with Gasteiger partial charge >= 0.3 is 0 Å².